The molecule has 2 heterocycles. The van der Waals surface area contributed by atoms with Crippen LogP contribution in [0.5, 0.6) is 0 Å². The van der Waals surface area contributed by atoms with Crippen molar-refractivity contribution in [2.24, 2.45) is 0 Å². The Hall–Kier alpha value is -3.73. The van der Waals surface area contributed by atoms with E-state index in [2.05, 4.69) is 22.0 Å². The summed E-state index contributed by atoms with van der Waals surface area (Å²) < 4.78 is 2.11. The van der Waals surface area contributed by atoms with Gasteiger partial charge in [0.25, 0.3) is 0 Å². The highest BCUT2D eigenvalue weighted by molar-refractivity contribution is 6.06. The van der Waals surface area contributed by atoms with E-state index in [0.29, 0.717) is 13.0 Å². The van der Waals surface area contributed by atoms with Gasteiger partial charge >= 0.3 is 0 Å². The first kappa shape index (κ1) is 18.3. The number of hydrogen-bond donors (Lipinski definition) is 1. The van der Waals surface area contributed by atoms with Crippen molar-refractivity contribution in [1.82, 2.24) is 19.9 Å². The number of amides is 1. The molecule has 0 saturated carbocycles. The van der Waals surface area contributed by atoms with E-state index in [9.17, 15) is 4.79 Å². The van der Waals surface area contributed by atoms with Crippen molar-refractivity contribution in [2.45, 2.75) is 25.9 Å². The first-order valence-electron chi connectivity index (χ1n) is 10.2. The third kappa shape index (κ3) is 3.28. The summed E-state index contributed by atoms with van der Waals surface area (Å²) in [4.78, 5) is 22.4. The van der Waals surface area contributed by atoms with E-state index in [1.807, 2.05) is 73.7 Å². The largest absolute Gasteiger partial charge is 0.350 e. The van der Waals surface area contributed by atoms with Crippen LogP contribution in [-0.2, 0) is 11.3 Å². The second-order valence-electron chi connectivity index (χ2n) is 7.50. The van der Waals surface area contributed by atoms with E-state index < -0.39 is 0 Å². The first-order chi connectivity index (χ1) is 14.7. The lowest BCUT2D eigenvalue weighted by atomic mass is 10.1. The Kier molecular flexibility index (Phi) is 4.64. The molecular formula is C25H22N4O. The Bertz CT molecular complexity index is 1360. The summed E-state index contributed by atoms with van der Waals surface area (Å²) in [5, 5.41) is 4.16. The third-order valence-electron chi connectivity index (χ3n) is 5.50. The van der Waals surface area contributed by atoms with Crippen LogP contribution in [0, 0.1) is 0 Å². The predicted molar refractivity (Wildman–Crippen MR) is 120 cm³/mol. The Morgan fingerprint density at radius 3 is 2.37 bits per heavy atom. The zero-order valence-electron chi connectivity index (χ0n) is 16.7. The van der Waals surface area contributed by atoms with Crippen molar-refractivity contribution in [3.8, 4) is 0 Å². The maximum Gasteiger partial charge on any atom is 0.222 e. The fraction of sp³-hybridized carbons (Fsp3) is 0.160. The number of para-hydroxylation sites is 3. The third-order valence-corrected chi connectivity index (χ3v) is 5.50. The summed E-state index contributed by atoms with van der Waals surface area (Å²) >= 11 is 0. The minimum Gasteiger partial charge on any atom is -0.350 e. The van der Waals surface area contributed by atoms with Gasteiger partial charge in [0.05, 0.1) is 22.6 Å². The summed E-state index contributed by atoms with van der Waals surface area (Å²) in [5.41, 5.74) is 5.58. The average Bonchev–Trinajstić information content (AvgIpc) is 3.09. The number of benzene rings is 3. The van der Waals surface area contributed by atoms with Gasteiger partial charge in [0.1, 0.15) is 5.52 Å². The standard InChI is InChI=1S/C25H22N4O/c1-17(18-9-3-2-4-10-18)26-23(30)15-16-29-22-14-8-5-11-19(22)24-25(29)28-21-13-7-6-12-20(21)27-24/h2-14,17H,15-16H2,1H3,(H,26,30). The van der Waals surface area contributed by atoms with E-state index in [4.69, 9.17) is 9.97 Å². The Labute approximate surface area is 174 Å². The highest BCUT2D eigenvalue weighted by Crippen LogP contribution is 2.28. The van der Waals surface area contributed by atoms with Crippen LogP contribution in [0.2, 0.25) is 0 Å². The van der Waals surface area contributed by atoms with Crippen LogP contribution >= 0.6 is 0 Å². The Morgan fingerprint density at radius 2 is 1.57 bits per heavy atom. The lowest BCUT2D eigenvalue weighted by Gasteiger charge is -2.14. The number of nitrogens with one attached hydrogen (secondary N) is 1. The van der Waals surface area contributed by atoms with Gasteiger partial charge in [-0.2, -0.15) is 0 Å². The molecule has 1 N–H and O–H groups in total. The Balaban J connectivity index is 1.46. The highest BCUT2D eigenvalue weighted by atomic mass is 16.1. The maximum absolute atomic E-state index is 12.6. The van der Waals surface area contributed by atoms with Crippen LogP contribution < -0.4 is 5.32 Å². The van der Waals surface area contributed by atoms with Crippen molar-refractivity contribution >= 4 is 39.0 Å². The van der Waals surface area contributed by atoms with Gasteiger partial charge in [-0.05, 0) is 30.7 Å². The van der Waals surface area contributed by atoms with Crippen molar-refractivity contribution in [2.75, 3.05) is 0 Å². The normalized spacial score (nSPS) is 12.4. The minimum absolute atomic E-state index is 0.0195. The molecule has 0 aliphatic carbocycles. The number of carbonyl (C=O) groups excluding carboxylic acids is 1. The number of nitrogens with zero attached hydrogens (tertiary/aromatic N) is 3. The van der Waals surface area contributed by atoms with Crippen LogP contribution in [-0.4, -0.2) is 20.4 Å². The van der Waals surface area contributed by atoms with Gasteiger partial charge in [0.2, 0.25) is 5.91 Å². The zero-order chi connectivity index (χ0) is 20.5. The van der Waals surface area contributed by atoms with Gasteiger partial charge in [0.15, 0.2) is 5.65 Å². The summed E-state index contributed by atoms with van der Waals surface area (Å²) in [5.74, 6) is 0.0195. The number of hydrogen-bond acceptors (Lipinski definition) is 3. The monoisotopic (exact) mass is 394 g/mol. The molecular weight excluding hydrogens is 372 g/mol. The lowest BCUT2D eigenvalue weighted by molar-refractivity contribution is -0.121. The molecule has 5 aromatic rings. The molecule has 1 atom stereocenters. The topological polar surface area (TPSA) is 59.8 Å². The van der Waals surface area contributed by atoms with Gasteiger partial charge in [-0.1, -0.05) is 60.7 Å². The first-order valence-corrected chi connectivity index (χ1v) is 10.2. The average molecular weight is 394 g/mol. The molecule has 2 aromatic heterocycles. The van der Waals surface area contributed by atoms with Gasteiger partial charge in [-0.3, -0.25) is 4.79 Å². The SMILES string of the molecule is CC(NC(=O)CCn1c2ccccc2c2nc3ccccc3nc21)c1ccccc1. The second kappa shape index (κ2) is 7.59. The van der Waals surface area contributed by atoms with E-state index in [1.54, 1.807) is 0 Å². The molecule has 5 nitrogen and oxygen atoms in total. The molecule has 5 heteroatoms. The molecule has 0 radical (unpaired) electrons. The molecule has 1 unspecified atom stereocenters. The summed E-state index contributed by atoms with van der Waals surface area (Å²) in [6.45, 7) is 2.55. The van der Waals surface area contributed by atoms with Crippen molar-refractivity contribution in [3.05, 3.63) is 84.4 Å². The number of aryl methyl sites for hydroxylation is 1. The van der Waals surface area contributed by atoms with Crippen LogP contribution in [0.4, 0.5) is 0 Å². The second-order valence-corrected chi connectivity index (χ2v) is 7.50. The molecule has 0 aliphatic rings. The molecule has 1 amide bonds. The van der Waals surface area contributed by atoms with Crippen LogP contribution in [0.1, 0.15) is 24.9 Å². The van der Waals surface area contributed by atoms with Crippen molar-refractivity contribution in [1.29, 1.82) is 0 Å². The Morgan fingerprint density at radius 1 is 0.900 bits per heavy atom. The van der Waals surface area contributed by atoms with Gasteiger partial charge in [-0.15, -0.1) is 0 Å². The number of aromatic nitrogens is 3. The fourth-order valence-electron chi connectivity index (χ4n) is 3.96. The molecule has 5 rings (SSSR count). The van der Waals surface area contributed by atoms with Gasteiger partial charge in [-0.25, -0.2) is 9.97 Å². The van der Waals surface area contributed by atoms with Crippen LogP contribution in [0.15, 0.2) is 78.9 Å². The molecule has 148 valence electrons. The summed E-state index contributed by atoms with van der Waals surface area (Å²) in [6.07, 6.45) is 0.374. The molecule has 0 spiro atoms. The molecule has 3 aromatic carbocycles. The molecule has 0 bridgehead atoms. The lowest BCUT2D eigenvalue weighted by Crippen LogP contribution is -2.27. The van der Waals surface area contributed by atoms with E-state index >= 15 is 0 Å². The van der Waals surface area contributed by atoms with E-state index in [-0.39, 0.29) is 11.9 Å². The highest BCUT2D eigenvalue weighted by Gasteiger charge is 2.16. The molecule has 0 fully saturated rings. The number of carbonyl (C=O) groups is 1. The van der Waals surface area contributed by atoms with Gasteiger partial charge in [0, 0.05) is 18.4 Å². The van der Waals surface area contributed by atoms with Crippen molar-refractivity contribution < 1.29 is 4.79 Å². The number of rotatable bonds is 5. The van der Waals surface area contributed by atoms with Crippen LogP contribution in [0.25, 0.3) is 33.1 Å². The van der Waals surface area contributed by atoms with Crippen molar-refractivity contribution in [3.63, 3.8) is 0 Å². The summed E-state index contributed by atoms with van der Waals surface area (Å²) in [7, 11) is 0. The minimum atomic E-state index is -0.0272. The van der Waals surface area contributed by atoms with E-state index in [0.717, 1.165) is 38.7 Å². The fourth-order valence-corrected chi connectivity index (χ4v) is 3.96. The molecule has 30 heavy (non-hydrogen) atoms. The quantitative estimate of drug-likeness (QED) is 0.456. The summed E-state index contributed by atoms with van der Waals surface area (Å²) in [6, 6.07) is 26.0. The smallest absolute Gasteiger partial charge is 0.222 e. The van der Waals surface area contributed by atoms with E-state index in [1.165, 1.54) is 0 Å². The van der Waals surface area contributed by atoms with Crippen LogP contribution in [0.3, 0.4) is 0 Å². The molecule has 0 aliphatic heterocycles. The molecule has 0 saturated heterocycles. The zero-order valence-corrected chi connectivity index (χ0v) is 16.7. The number of fused-ring (bicyclic) bond motifs is 4. The van der Waals surface area contributed by atoms with Gasteiger partial charge < -0.3 is 9.88 Å². The maximum atomic E-state index is 12.6. The predicted octanol–water partition coefficient (Wildman–Crippen LogP) is 5.01.